The molecule has 0 saturated heterocycles. The molecule has 0 saturated carbocycles. The monoisotopic (exact) mass is 254 g/mol. The second-order valence-corrected chi connectivity index (χ2v) is 6.51. The van der Waals surface area contributed by atoms with Crippen LogP contribution in [0.15, 0.2) is 54.6 Å². The summed E-state index contributed by atoms with van der Waals surface area (Å²) in [6, 6.07) is 9.03. The summed E-state index contributed by atoms with van der Waals surface area (Å²) in [5.41, 5.74) is 0.700. The van der Waals surface area contributed by atoms with Gasteiger partial charge in [-0.05, 0) is 12.0 Å². The summed E-state index contributed by atoms with van der Waals surface area (Å²) < 4.78 is 22.5. The largest absolute Gasteiger partial charge is 0.246 e. The molecule has 1 aromatic rings. The van der Waals surface area contributed by atoms with E-state index in [1.54, 1.807) is 24.3 Å². The highest BCUT2D eigenvalue weighted by atomic mass is 35.7. The number of rotatable bonds is 2. The number of benzene rings is 1. The van der Waals surface area contributed by atoms with Gasteiger partial charge in [0.15, 0.2) is 0 Å². The van der Waals surface area contributed by atoms with Crippen molar-refractivity contribution in [2.75, 3.05) is 0 Å². The van der Waals surface area contributed by atoms with Crippen molar-refractivity contribution in [2.45, 2.75) is 11.2 Å². The molecule has 2 nitrogen and oxygen atoms in total. The van der Waals surface area contributed by atoms with E-state index in [-0.39, 0.29) is 0 Å². The standard InChI is InChI=1S/C12H11ClO2S/c13-16(14,15)12(9-5-2-6-10-12)11-7-3-1-4-8-11/h1-9H,10H2. The number of hydrogen-bond acceptors (Lipinski definition) is 2. The van der Waals surface area contributed by atoms with E-state index in [1.807, 2.05) is 30.4 Å². The molecule has 16 heavy (non-hydrogen) atoms. The Bertz CT molecular complexity index is 531. The van der Waals surface area contributed by atoms with Gasteiger partial charge in [0.1, 0.15) is 4.75 Å². The van der Waals surface area contributed by atoms with Gasteiger partial charge in [0.2, 0.25) is 9.05 Å². The smallest absolute Gasteiger partial charge is 0.211 e. The van der Waals surface area contributed by atoms with Crippen LogP contribution in [-0.4, -0.2) is 8.42 Å². The van der Waals surface area contributed by atoms with E-state index in [2.05, 4.69) is 0 Å². The van der Waals surface area contributed by atoms with Crippen molar-refractivity contribution in [3.63, 3.8) is 0 Å². The van der Waals surface area contributed by atoms with Crippen molar-refractivity contribution >= 4 is 19.7 Å². The lowest BCUT2D eigenvalue weighted by Gasteiger charge is -2.28. The third kappa shape index (κ3) is 1.81. The van der Waals surface area contributed by atoms with E-state index in [4.69, 9.17) is 10.7 Å². The molecule has 1 atom stereocenters. The number of halogens is 1. The van der Waals surface area contributed by atoms with Crippen molar-refractivity contribution in [3.05, 3.63) is 60.2 Å². The van der Waals surface area contributed by atoms with Crippen LogP contribution in [0.5, 0.6) is 0 Å². The average molecular weight is 255 g/mol. The molecule has 4 heteroatoms. The van der Waals surface area contributed by atoms with Crippen LogP contribution < -0.4 is 0 Å². The highest BCUT2D eigenvalue weighted by molar-refractivity contribution is 8.14. The molecule has 1 aliphatic carbocycles. The van der Waals surface area contributed by atoms with E-state index >= 15 is 0 Å². The zero-order valence-corrected chi connectivity index (χ0v) is 10.1. The molecule has 0 radical (unpaired) electrons. The fraction of sp³-hybridized carbons (Fsp3) is 0.167. The van der Waals surface area contributed by atoms with Crippen molar-refractivity contribution in [3.8, 4) is 0 Å². The number of allylic oxidation sites excluding steroid dienone is 3. The van der Waals surface area contributed by atoms with Crippen molar-refractivity contribution in [2.24, 2.45) is 0 Å². The average Bonchev–Trinajstić information content (AvgIpc) is 2.30. The van der Waals surface area contributed by atoms with Crippen LogP contribution in [0.25, 0.3) is 0 Å². The van der Waals surface area contributed by atoms with Crippen LogP contribution in [0.3, 0.4) is 0 Å². The highest BCUT2D eigenvalue weighted by Gasteiger charge is 2.41. The molecule has 0 aromatic heterocycles. The summed E-state index contributed by atoms with van der Waals surface area (Å²) in [6.45, 7) is 0. The Labute approximate surface area is 99.7 Å². The molecular formula is C12H11ClO2S. The Morgan fingerprint density at radius 1 is 1.12 bits per heavy atom. The topological polar surface area (TPSA) is 34.1 Å². The van der Waals surface area contributed by atoms with Crippen LogP contribution in [0, 0.1) is 0 Å². The molecule has 0 spiro atoms. The second kappa shape index (κ2) is 4.07. The van der Waals surface area contributed by atoms with Crippen molar-refractivity contribution in [1.82, 2.24) is 0 Å². The van der Waals surface area contributed by atoms with Gasteiger partial charge in [-0.15, -0.1) is 0 Å². The maximum absolute atomic E-state index is 11.8. The maximum atomic E-state index is 11.8. The Morgan fingerprint density at radius 2 is 1.81 bits per heavy atom. The van der Waals surface area contributed by atoms with E-state index in [0.717, 1.165) is 0 Å². The lowest BCUT2D eigenvalue weighted by Crippen LogP contribution is -2.30. The Balaban J connectivity index is 2.62. The lowest BCUT2D eigenvalue weighted by molar-refractivity contribution is 0.573. The predicted molar refractivity (Wildman–Crippen MR) is 65.8 cm³/mol. The van der Waals surface area contributed by atoms with Crippen LogP contribution in [0.1, 0.15) is 12.0 Å². The maximum Gasteiger partial charge on any atom is 0.246 e. The van der Waals surface area contributed by atoms with E-state index in [9.17, 15) is 8.42 Å². The van der Waals surface area contributed by atoms with Gasteiger partial charge in [-0.1, -0.05) is 54.6 Å². The van der Waals surface area contributed by atoms with Crippen LogP contribution >= 0.6 is 10.7 Å². The van der Waals surface area contributed by atoms with Crippen molar-refractivity contribution < 1.29 is 8.42 Å². The van der Waals surface area contributed by atoms with Gasteiger partial charge in [-0.3, -0.25) is 0 Å². The zero-order valence-electron chi connectivity index (χ0n) is 8.51. The summed E-state index contributed by atoms with van der Waals surface area (Å²) in [7, 11) is 1.88. The Morgan fingerprint density at radius 3 is 2.31 bits per heavy atom. The van der Waals surface area contributed by atoms with E-state index in [1.165, 1.54) is 0 Å². The summed E-state index contributed by atoms with van der Waals surface area (Å²) in [4.78, 5) is 0. The van der Waals surface area contributed by atoms with Gasteiger partial charge in [-0.2, -0.15) is 0 Å². The van der Waals surface area contributed by atoms with Gasteiger partial charge in [0, 0.05) is 10.7 Å². The first-order chi connectivity index (χ1) is 7.56. The summed E-state index contributed by atoms with van der Waals surface area (Å²) in [5.74, 6) is 0. The molecule has 1 aromatic carbocycles. The molecule has 0 bridgehead atoms. The molecule has 0 N–H and O–H groups in total. The molecule has 0 aliphatic heterocycles. The molecule has 0 fully saturated rings. The molecule has 0 amide bonds. The summed E-state index contributed by atoms with van der Waals surface area (Å²) >= 11 is 0. The first-order valence-electron chi connectivity index (χ1n) is 4.90. The van der Waals surface area contributed by atoms with Gasteiger partial charge in [-0.25, -0.2) is 8.42 Å². The SMILES string of the molecule is O=S(=O)(Cl)C1(c2ccccc2)C=CC=CC1. The van der Waals surface area contributed by atoms with Gasteiger partial charge in [0.05, 0.1) is 0 Å². The highest BCUT2D eigenvalue weighted by Crippen LogP contribution is 2.40. The van der Waals surface area contributed by atoms with Gasteiger partial charge >= 0.3 is 0 Å². The van der Waals surface area contributed by atoms with Gasteiger partial charge in [0.25, 0.3) is 0 Å². The molecule has 2 rings (SSSR count). The molecule has 1 unspecified atom stereocenters. The minimum absolute atomic E-state index is 0.374. The van der Waals surface area contributed by atoms with E-state index < -0.39 is 13.8 Å². The number of hydrogen-bond donors (Lipinski definition) is 0. The minimum atomic E-state index is -3.71. The Hall–Kier alpha value is -1.06. The zero-order chi connectivity index (χ0) is 11.6. The van der Waals surface area contributed by atoms with Crippen LogP contribution in [-0.2, 0) is 13.8 Å². The quantitative estimate of drug-likeness (QED) is 0.761. The third-order valence-corrected chi connectivity index (χ3v) is 4.97. The minimum Gasteiger partial charge on any atom is -0.211 e. The van der Waals surface area contributed by atoms with Crippen molar-refractivity contribution in [1.29, 1.82) is 0 Å². The first-order valence-corrected chi connectivity index (χ1v) is 7.21. The molecule has 84 valence electrons. The fourth-order valence-electron chi connectivity index (χ4n) is 1.86. The normalized spacial score (nSPS) is 24.6. The molecule has 1 aliphatic rings. The van der Waals surface area contributed by atoms with Crippen LogP contribution in [0.4, 0.5) is 0 Å². The third-order valence-electron chi connectivity index (χ3n) is 2.73. The predicted octanol–water partition coefficient (Wildman–Crippen LogP) is 2.97. The lowest BCUT2D eigenvalue weighted by atomic mass is 9.91. The summed E-state index contributed by atoms with van der Waals surface area (Å²) in [6.07, 6.45) is 7.37. The first kappa shape index (κ1) is 11.4. The van der Waals surface area contributed by atoms with Crippen LogP contribution in [0.2, 0.25) is 0 Å². The van der Waals surface area contributed by atoms with Gasteiger partial charge < -0.3 is 0 Å². The fourth-order valence-corrected chi connectivity index (χ4v) is 3.42. The Kier molecular flexibility index (Phi) is 2.91. The molecular weight excluding hydrogens is 244 g/mol. The second-order valence-electron chi connectivity index (χ2n) is 3.68. The van der Waals surface area contributed by atoms with E-state index in [0.29, 0.717) is 12.0 Å². The summed E-state index contributed by atoms with van der Waals surface area (Å²) in [5, 5.41) is 0. The molecule has 0 heterocycles.